The Morgan fingerprint density at radius 1 is 0.837 bits per heavy atom. The zero-order chi connectivity index (χ0) is 31.9. The Kier molecular flexibility index (Phi) is 16.3. The van der Waals surface area contributed by atoms with Crippen molar-refractivity contribution in [2.24, 2.45) is 7.05 Å². The maximum absolute atomic E-state index is 5.37. The average Bonchev–Trinajstić information content (AvgIpc) is 3.32. The highest BCUT2D eigenvalue weighted by molar-refractivity contribution is 5.22. The van der Waals surface area contributed by atoms with Crippen LogP contribution >= 0.6 is 0 Å². The van der Waals surface area contributed by atoms with Crippen LogP contribution in [0.3, 0.4) is 0 Å². The first-order valence-electron chi connectivity index (χ1n) is 16.6. The number of aromatic nitrogens is 5. The van der Waals surface area contributed by atoms with Crippen LogP contribution in [-0.2, 0) is 24.9 Å². The highest BCUT2D eigenvalue weighted by Gasteiger charge is 2.20. The van der Waals surface area contributed by atoms with Gasteiger partial charge in [0, 0.05) is 56.0 Å². The smallest absolute Gasteiger partial charge is 0.0868 e. The first-order chi connectivity index (χ1) is 20.4. The molecule has 244 valence electrons. The Hall–Kier alpha value is -2.42. The van der Waals surface area contributed by atoms with E-state index in [1.807, 2.05) is 36.5 Å². The molecule has 2 N–H and O–H groups in total. The van der Waals surface area contributed by atoms with Crippen molar-refractivity contribution in [1.29, 1.82) is 0 Å². The highest BCUT2D eigenvalue weighted by atomic mass is 16.5. The van der Waals surface area contributed by atoms with Crippen molar-refractivity contribution in [2.45, 2.75) is 138 Å². The maximum atomic E-state index is 5.37. The van der Waals surface area contributed by atoms with Gasteiger partial charge in [0.05, 0.1) is 25.6 Å². The number of aromatic amines is 1. The summed E-state index contributed by atoms with van der Waals surface area (Å²) < 4.78 is 9.50. The molecule has 3 aromatic rings. The fraction of sp³-hybridized carbons (Fsp3) is 0.714. The maximum Gasteiger partial charge on any atom is 0.0868 e. The van der Waals surface area contributed by atoms with Crippen molar-refractivity contribution in [3.63, 3.8) is 0 Å². The zero-order valence-corrected chi connectivity index (χ0v) is 29.2. The van der Waals surface area contributed by atoms with E-state index in [-0.39, 0.29) is 0 Å². The summed E-state index contributed by atoms with van der Waals surface area (Å²) in [5.74, 6) is 1.82. The summed E-state index contributed by atoms with van der Waals surface area (Å²) in [6.07, 6.45) is 14.2. The molecule has 5 heterocycles. The van der Waals surface area contributed by atoms with Crippen molar-refractivity contribution < 1.29 is 4.74 Å². The van der Waals surface area contributed by atoms with Gasteiger partial charge in [-0.2, -0.15) is 10.2 Å². The molecule has 0 radical (unpaired) electrons. The van der Waals surface area contributed by atoms with E-state index in [9.17, 15) is 0 Å². The number of H-pyrrole nitrogens is 1. The Labute approximate surface area is 263 Å². The number of fused-ring (bicyclic) bond motifs is 1. The molecule has 0 amide bonds. The van der Waals surface area contributed by atoms with Gasteiger partial charge in [0.15, 0.2) is 0 Å². The lowest BCUT2D eigenvalue weighted by atomic mass is 10.1. The van der Waals surface area contributed by atoms with E-state index in [0.717, 1.165) is 31.8 Å². The molecule has 1 aliphatic carbocycles. The van der Waals surface area contributed by atoms with Crippen molar-refractivity contribution >= 4 is 0 Å². The van der Waals surface area contributed by atoms with Crippen LogP contribution in [0, 0.1) is 0 Å². The molecule has 2 aliphatic heterocycles. The summed E-state index contributed by atoms with van der Waals surface area (Å²) in [4.78, 5) is 2.47. The van der Waals surface area contributed by atoms with Crippen LogP contribution in [-0.4, -0.2) is 67.3 Å². The Balaban J connectivity index is 0.000000191. The van der Waals surface area contributed by atoms with E-state index in [2.05, 4.69) is 112 Å². The molecule has 0 unspecified atom stereocenters. The Bertz CT molecular complexity index is 1080. The van der Waals surface area contributed by atoms with Gasteiger partial charge in [0.25, 0.3) is 0 Å². The third-order valence-corrected chi connectivity index (χ3v) is 7.75. The standard InChI is InChI=1S/C10H15NO.C7H12N2.C6H10N2.2C6H13N/c1-8(2)9-5-10-7-12-4-3-11(10)6-9;1-6(2)7-4-8-9(3)5-7;1-5(2)6-3-7-8-4-6;1-6(2)7-4-3-5-7;1-5(2)7-6-3-4-6/h5-6,8H,3-4,7H2,1-2H3;4-6H,1-3H3;3-5H,1-2H3,(H,7,8);6H,3-5H2,1-2H3;5-7H,3-4H2,1-2H3. The molecule has 8 heteroatoms. The largest absolute Gasteiger partial charge is 0.373 e. The molecule has 3 aromatic heterocycles. The highest BCUT2D eigenvalue weighted by Crippen LogP contribution is 2.20. The van der Waals surface area contributed by atoms with Crippen molar-refractivity contribution in [1.82, 2.24) is 34.8 Å². The van der Waals surface area contributed by atoms with Crippen molar-refractivity contribution in [2.75, 3.05) is 19.7 Å². The van der Waals surface area contributed by atoms with Gasteiger partial charge in [-0.3, -0.25) is 9.78 Å². The van der Waals surface area contributed by atoms with Gasteiger partial charge in [0.1, 0.15) is 0 Å². The van der Waals surface area contributed by atoms with Crippen LogP contribution < -0.4 is 5.32 Å². The first kappa shape index (κ1) is 36.8. The molecule has 8 nitrogen and oxygen atoms in total. The van der Waals surface area contributed by atoms with Crippen LogP contribution in [0.4, 0.5) is 0 Å². The van der Waals surface area contributed by atoms with Gasteiger partial charge in [-0.1, -0.05) is 55.4 Å². The molecule has 0 aromatic carbocycles. The Morgan fingerprint density at radius 2 is 1.49 bits per heavy atom. The lowest BCUT2D eigenvalue weighted by molar-refractivity contribution is 0.0850. The second-order valence-electron chi connectivity index (χ2n) is 13.5. The third kappa shape index (κ3) is 14.7. The zero-order valence-electron chi connectivity index (χ0n) is 29.2. The molecule has 43 heavy (non-hydrogen) atoms. The number of rotatable bonds is 6. The minimum atomic E-state index is 0.591. The minimum Gasteiger partial charge on any atom is -0.373 e. The topological polar surface area (TPSA) is 75.9 Å². The van der Waals surface area contributed by atoms with Gasteiger partial charge < -0.3 is 19.5 Å². The fourth-order valence-corrected chi connectivity index (χ4v) is 4.46. The van der Waals surface area contributed by atoms with E-state index in [0.29, 0.717) is 23.8 Å². The summed E-state index contributed by atoms with van der Waals surface area (Å²) in [5.41, 5.74) is 5.32. The van der Waals surface area contributed by atoms with Gasteiger partial charge in [0.2, 0.25) is 0 Å². The van der Waals surface area contributed by atoms with Crippen molar-refractivity contribution in [3.8, 4) is 0 Å². The van der Waals surface area contributed by atoms with E-state index in [1.165, 1.54) is 54.7 Å². The quantitative estimate of drug-likeness (QED) is 0.308. The summed E-state index contributed by atoms with van der Waals surface area (Å²) in [6, 6.07) is 4.60. The number of ether oxygens (including phenoxy) is 1. The molecule has 1 saturated heterocycles. The molecule has 6 rings (SSSR count). The van der Waals surface area contributed by atoms with E-state index < -0.39 is 0 Å². The normalized spacial score (nSPS) is 15.9. The van der Waals surface area contributed by atoms with Crippen LogP contribution in [0.15, 0.2) is 37.1 Å². The molecule has 0 atom stereocenters. The average molecular weight is 598 g/mol. The third-order valence-electron chi connectivity index (χ3n) is 7.75. The molecule has 0 spiro atoms. The van der Waals surface area contributed by atoms with Crippen LogP contribution in [0.5, 0.6) is 0 Å². The van der Waals surface area contributed by atoms with Gasteiger partial charge in [-0.15, -0.1) is 0 Å². The predicted octanol–water partition coefficient (Wildman–Crippen LogP) is 7.47. The van der Waals surface area contributed by atoms with Gasteiger partial charge >= 0.3 is 0 Å². The number of nitrogens with one attached hydrogen (secondary N) is 2. The summed E-state index contributed by atoms with van der Waals surface area (Å²) >= 11 is 0. The number of hydrogen-bond acceptors (Lipinski definition) is 5. The number of hydrogen-bond donors (Lipinski definition) is 2. The Morgan fingerprint density at radius 3 is 1.79 bits per heavy atom. The summed E-state index contributed by atoms with van der Waals surface area (Å²) in [6.45, 7) is 27.3. The lowest BCUT2D eigenvalue weighted by Gasteiger charge is -2.34. The summed E-state index contributed by atoms with van der Waals surface area (Å²) in [7, 11) is 1.94. The SMILES string of the molecule is CC(C)N1CCC1.CC(C)NC1CC1.CC(C)c1cc2n(c1)CCOC2.CC(C)c1cn[nH]c1.CC(C)c1cnn(C)c1. The van der Waals surface area contributed by atoms with E-state index in [4.69, 9.17) is 4.74 Å². The predicted molar refractivity (Wildman–Crippen MR) is 181 cm³/mol. The monoisotopic (exact) mass is 598 g/mol. The number of nitrogens with zero attached hydrogens (tertiary/aromatic N) is 5. The van der Waals surface area contributed by atoms with Crippen molar-refractivity contribution in [3.05, 3.63) is 59.4 Å². The second-order valence-corrected chi connectivity index (χ2v) is 13.5. The van der Waals surface area contributed by atoms with Gasteiger partial charge in [-0.05, 0) is 86.7 Å². The van der Waals surface area contributed by atoms with Crippen LogP contribution in [0.2, 0.25) is 0 Å². The molecule has 1 saturated carbocycles. The van der Waals surface area contributed by atoms with Gasteiger partial charge in [-0.25, -0.2) is 0 Å². The number of aryl methyl sites for hydroxylation is 1. The molecule has 3 aliphatic rings. The van der Waals surface area contributed by atoms with E-state index in [1.54, 1.807) is 0 Å². The second kappa shape index (κ2) is 19.1. The molecule has 2 fully saturated rings. The lowest BCUT2D eigenvalue weighted by Crippen LogP contribution is -2.41. The summed E-state index contributed by atoms with van der Waals surface area (Å²) in [5, 5.41) is 14.1. The number of likely N-dealkylation sites (tertiary alicyclic amines) is 1. The molecule has 0 bridgehead atoms. The first-order valence-corrected chi connectivity index (χ1v) is 16.6. The van der Waals surface area contributed by atoms with Crippen LogP contribution in [0.1, 0.15) is 129 Å². The minimum absolute atomic E-state index is 0.591. The molecular formula is C35H63N7O. The van der Waals surface area contributed by atoms with Crippen LogP contribution in [0.25, 0.3) is 0 Å². The fourth-order valence-electron chi connectivity index (χ4n) is 4.46. The van der Waals surface area contributed by atoms with E-state index >= 15 is 0 Å². The molecular weight excluding hydrogens is 534 g/mol.